The van der Waals surface area contributed by atoms with Gasteiger partial charge >= 0.3 is 0 Å². The number of carbonyl (C=O) groups excluding carboxylic acids is 1. The number of nitrogens with two attached hydrogens (primary N) is 1. The molecule has 0 aliphatic rings. The average Bonchev–Trinajstić information content (AvgIpc) is 2.17. The van der Waals surface area contributed by atoms with Gasteiger partial charge in [-0.3, -0.25) is 4.79 Å². The Morgan fingerprint density at radius 3 is 2.53 bits per heavy atom. The molecule has 15 heavy (non-hydrogen) atoms. The van der Waals surface area contributed by atoms with E-state index in [1.807, 2.05) is 45.2 Å². The molecule has 0 spiro atoms. The Balaban J connectivity index is 3.11. The zero-order chi connectivity index (χ0) is 11.5. The predicted octanol–water partition coefficient (Wildman–Crippen LogP) is 1.31. The molecule has 0 saturated heterocycles. The quantitative estimate of drug-likeness (QED) is 0.780. The molecule has 3 heteroatoms. The molecular weight excluding hydrogens is 188 g/mol. The third-order valence-corrected chi connectivity index (χ3v) is 2.82. The first kappa shape index (κ1) is 11.7. The van der Waals surface area contributed by atoms with Gasteiger partial charge in [0.05, 0.1) is 0 Å². The van der Waals surface area contributed by atoms with Crippen LogP contribution in [0.3, 0.4) is 0 Å². The van der Waals surface area contributed by atoms with Crippen LogP contribution in [0.25, 0.3) is 0 Å². The summed E-state index contributed by atoms with van der Waals surface area (Å²) >= 11 is 0. The van der Waals surface area contributed by atoms with Crippen molar-refractivity contribution in [2.45, 2.75) is 25.8 Å². The lowest BCUT2D eigenvalue weighted by Crippen LogP contribution is -2.41. The van der Waals surface area contributed by atoms with Gasteiger partial charge in [0.15, 0.2) is 0 Å². The molecule has 0 radical (unpaired) electrons. The average molecular weight is 206 g/mol. The van der Waals surface area contributed by atoms with Gasteiger partial charge in [-0.05, 0) is 32.0 Å². The van der Waals surface area contributed by atoms with Crippen LogP contribution in [0.1, 0.15) is 24.5 Å². The SMILES string of the molecule is CNC(C)(CC(N)=O)c1ccccc1C. The molecule has 1 aromatic rings. The van der Waals surface area contributed by atoms with Gasteiger partial charge in [-0.2, -0.15) is 0 Å². The van der Waals surface area contributed by atoms with E-state index in [1.54, 1.807) is 0 Å². The number of carbonyl (C=O) groups is 1. The first-order valence-electron chi connectivity index (χ1n) is 5.03. The fourth-order valence-electron chi connectivity index (χ4n) is 1.86. The van der Waals surface area contributed by atoms with Crippen molar-refractivity contribution in [3.8, 4) is 0 Å². The maximum absolute atomic E-state index is 11.0. The van der Waals surface area contributed by atoms with Crippen LogP contribution >= 0.6 is 0 Å². The lowest BCUT2D eigenvalue weighted by Gasteiger charge is -2.30. The molecule has 0 fully saturated rings. The molecule has 1 amide bonds. The van der Waals surface area contributed by atoms with Gasteiger partial charge in [-0.1, -0.05) is 24.3 Å². The molecule has 3 N–H and O–H groups in total. The summed E-state index contributed by atoms with van der Waals surface area (Å²) in [6.45, 7) is 4.02. The van der Waals surface area contributed by atoms with E-state index in [0.29, 0.717) is 6.42 Å². The van der Waals surface area contributed by atoms with Crippen molar-refractivity contribution in [1.29, 1.82) is 0 Å². The summed E-state index contributed by atoms with van der Waals surface area (Å²) in [6.07, 6.45) is 0.300. The first-order chi connectivity index (χ1) is 6.99. The highest BCUT2D eigenvalue weighted by atomic mass is 16.1. The van der Waals surface area contributed by atoms with Gasteiger partial charge in [-0.25, -0.2) is 0 Å². The van der Waals surface area contributed by atoms with Crippen LogP contribution in [0.15, 0.2) is 24.3 Å². The number of primary amides is 1. The van der Waals surface area contributed by atoms with E-state index in [2.05, 4.69) is 5.32 Å². The molecule has 0 bridgehead atoms. The number of hydrogen-bond donors (Lipinski definition) is 2. The minimum Gasteiger partial charge on any atom is -0.370 e. The summed E-state index contributed by atoms with van der Waals surface area (Å²) in [4.78, 5) is 11.0. The van der Waals surface area contributed by atoms with E-state index >= 15 is 0 Å². The molecule has 1 aromatic carbocycles. The molecular formula is C12H18N2O. The Labute approximate surface area is 90.7 Å². The third kappa shape index (κ3) is 2.57. The molecule has 0 aromatic heterocycles. The van der Waals surface area contributed by atoms with E-state index in [9.17, 15) is 4.79 Å². The van der Waals surface area contributed by atoms with Crippen LogP contribution in [-0.4, -0.2) is 13.0 Å². The fourth-order valence-corrected chi connectivity index (χ4v) is 1.86. The zero-order valence-electron chi connectivity index (χ0n) is 9.50. The van der Waals surface area contributed by atoms with E-state index in [1.165, 1.54) is 0 Å². The standard InChI is InChI=1S/C12H18N2O/c1-9-6-4-5-7-10(9)12(2,14-3)8-11(13)15/h4-7,14H,8H2,1-3H3,(H2,13,15). The minimum atomic E-state index is -0.378. The lowest BCUT2D eigenvalue weighted by atomic mass is 9.85. The third-order valence-electron chi connectivity index (χ3n) is 2.82. The second-order valence-corrected chi connectivity index (χ2v) is 4.04. The molecule has 0 aliphatic carbocycles. The number of hydrogen-bond acceptors (Lipinski definition) is 2. The van der Waals surface area contributed by atoms with Crippen LogP contribution < -0.4 is 11.1 Å². The van der Waals surface area contributed by atoms with Crippen LogP contribution in [0.5, 0.6) is 0 Å². The summed E-state index contributed by atoms with van der Waals surface area (Å²) in [7, 11) is 1.84. The number of nitrogens with one attached hydrogen (secondary N) is 1. The molecule has 82 valence electrons. The first-order valence-corrected chi connectivity index (χ1v) is 5.03. The second-order valence-electron chi connectivity index (χ2n) is 4.04. The molecule has 1 unspecified atom stereocenters. The Kier molecular flexibility index (Phi) is 3.48. The van der Waals surface area contributed by atoms with E-state index in [4.69, 9.17) is 5.73 Å². The monoisotopic (exact) mass is 206 g/mol. The summed E-state index contributed by atoms with van der Waals surface area (Å²) in [6, 6.07) is 8.01. The highest BCUT2D eigenvalue weighted by Gasteiger charge is 2.27. The minimum absolute atomic E-state index is 0.296. The Bertz CT molecular complexity index is 362. The molecule has 1 rings (SSSR count). The number of rotatable bonds is 4. The summed E-state index contributed by atoms with van der Waals surface area (Å²) in [5, 5.41) is 3.17. The Morgan fingerprint density at radius 1 is 1.47 bits per heavy atom. The number of benzene rings is 1. The van der Waals surface area contributed by atoms with E-state index < -0.39 is 0 Å². The number of aryl methyl sites for hydroxylation is 1. The zero-order valence-corrected chi connectivity index (χ0v) is 9.50. The highest BCUT2D eigenvalue weighted by Crippen LogP contribution is 2.26. The van der Waals surface area contributed by atoms with Gasteiger partial charge < -0.3 is 11.1 Å². The van der Waals surface area contributed by atoms with Gasteiger partial charge in [0.2, 0.25) is 5.91 Å². The smallest absolute Gasteiger partial charge is 0.219 e. The van der Waals surface area contributed by atoms with Gasteiger partial charge in [0, 0.05) is 12.0 Å². The Hall–Kier alpha value is -1.35. The van der Waals surface area contributed by atoms with Crippen LogP contribution in [0.4, 0.5) is 0 Å². The molecule has 0 heterocycles. The largest absolute Gasteiger partial charge is 0.370 e. The molecule has 0 aliphatic heterocycles. The van der Waals surface area contributed by atoms with Crippen molar-refractivity contribution in [2.75, 3.05) is 7.05 Å². The van der Waals surface area contributed by atoms with Gasteiger partial charge in [0.25, 0.3) is 0 Å². The maximum atomic E-state index is 11.0. The van der Waals surface area contributed by atoms with Crippen molar-refractivity contribution in [3.05, 3.63) is 35.4 Å². The second kappa shape index (κ2) is 4.45. The normalized spacial score (nSPS) is 14.6. The van der Waals surface area contributed by atoms with Gasteiger partial charge in [0.1, 0.15) is 0 Å². The van der Waals surface area contributed by atoms with Crippen molar-refractivity contribution in [2.24, 2.45) is 5.73 Å². The van der Waals surface area contributed by atoms with E-state index in [0.717, 1.165) is 11.1 Å². The molecule has 1 atom stereocenters. The molecule has 0 saturated carbocycles. The molecule has 3 nitrogen and oxygen atoms in total. The van der Waals surface area contributed by atoms with Crippen molar-refractivity contribution >= 4 is 5.91 Å². The van der Waals surface area contributed by atoms with Crippen molar-refractivity contribution in [1.82, 2.24) is 5.32 Å². The van der Waals surface area contributed by atoms with Crippen molar-refractivity contribution in [3.63, 3.8) is 0 Å². The number of amides is 1. The maximum Gasteiger partial charge on any atom is 0.219 e. The van der Waals surface area contributed by atoms with E-state index in [-0.39, 0.29) is 11.4 Å². The van der Waals surface area contributed by atoms with Crippen molar-refractivity contribution < 1.29 is 4.79 Å². The topological polar surface area (TPSA) is 55.1 Å². The summed E-state index contributed by atoms with van der Waals surface area (Å²) in [5.41, 5.74) is 7.16. The highest BCUT2D eigenvalue weighted by molar-refractivity contribution is 5.75. The van der Waals surface area contributed by atoms with Crippen LogP contribution in [0.2, 0.25) is 0 Å². The van der Waals surface area contributed by atoms with Crippen LogP contribution in [0, 0.1) is 6.92 Å². The van der Waals surface area contributed by atoms with Crippen LogP contribution in [-0.2, 0) is 10.3 Å². The Morgan fingerprint density at radius 2 is 2.07 bits per heavy atom. The lowest BCUT2D eigenvalue weighted by molar-refractivity contribution is -0.119. The van der Waals surface area contributed by atoms with Gasteiger partial charge in [-0.15, -0.1) is 0 Å². The fraction of sp³-hybridized carbons (Fsp3) is 0.417. The predicted molar refractivity (Wildman–Crippen MR) is 61.4 cm³/mol. The summed E-state index contributed by atoms with van der Waals surface area (Å²) < 4.78 is 0. The summed E-state index contributed by atoms with van der Waals surface area (Å²) in [5.74, 6) is -0.296.